The molecule has 4 N–H and O–H groups in total. The highest BCUT2D eigenvalue weighted by molar-refractivity contribution is 5.20. The number of rotatable bonds is 4. The Morgan fingerprint density at radius 1 is 0.833 bits per heavy atom. The number of hydrogen-bond acceptors (Lipinski definition) is 11. The molecule has 0 aromatic carbocycles. The van der Waals surface area contributed by atoms with Crippen LogP contribution in [0.4, 0.5) is 0 Å². The van der Waals surface area contributed by atoms with E-state index < -0.39 is 49.2 Å². The van der Waals surface area contributed by atoms with Crippen molar-refractivity contribution < 1.29 is 53.7 Å². The first-order valence-corrected chi connectivity index (χ1v) is 7.07. The van der Waals surface area contributed by atoms with Crippen LogP contribution in [0.15, 0.2) is 0 Å². The number of carbonyl (C=O) groups excluding carboxylic acids is 2. The Kier molecular flexibility index (Phi) is 8.87. The molecule has 2 rings (SSSR count). The first-order chi connectivity index (χ1) is 11.4. The lowest BCUT2D eigenvalue weighted by molar-refractivity contribution is -0.333. The van der Waals surface area contributed by atoms with E-state index in [1.54, 1.807) is 0 Å². The summed E-state index contributed by atoms with van der Waals surface area (Å²) < 4.78 is 25.7. The topological polar surface area (TPSA) is 161 Å². The third-order valence-electron chi connectivity index (χ3n) is 3.65. The molecular formula is C13H22O11. The highest BCUT2D eigenvalue weighted by atomic mass is 16.7. The second-order valence-electron chi connectivity index (χ2n) is 5.14. The SMILES string of the molecule is COC1[C@H](O)CO[C@@H](OC2[C@H](O)CO[C@H](OC)[C@H]2O)[C@H]1O.O=C=O. The van der Waals surface area contributed by atoms with Crippen molar-refractivity contribution in [3.05, 3.63) is 0 Å². The van der Waals surface area contributed by atoms with Gasteiger partial charge < -0.3 is 44.1 Å². The van der Waals surface area contributed by atoms with E-state index in [0.717, 1.165) is 0 Å². The van der Waals surface area contributed by atoms with Crippen molar-refractivity contribution in [1.29, 1.82) is 0 Å². The lowest BCUT2D eigenvalue weighted by Gasteiger charge is -2.42. The second-order valence-corrected chi connectivity index (χ2v) is 5.14. The largest absolute Gasteiger partial charge is 0.388 e. The molecule has 0 saturated carbocycles. The molecule has 0 amide bonds. The summed E-state index contributed by atoms with van der Waals surface area (Å²) in [5, 5.41) is 39.6. The van der Waals surface area contributed by atoms with Crippen molar-refractivity contribution in [1.82, 2.24) is 0 Å². The highest BCUT2D eigenvalue weighted by Crippen LogP contribution is 2.25. The van der Waals surface area contributed by atoms with Crippen LogP contribution in [0.5, 0.6) is 0 Å². The van der Waals surface area contributed by atoms with Gasteiger partial charge in [-0.1, -0.05) is 0 Å². The van der Waals surface area contributed by atoms with Crippen molar-refractivity contribution in [2.45, 2.75) is 49.2 Å². The molecular weight excluding hydrogens is 332 g/mol. The van der Waals surface area contributed by atoms with Gasteiger partial charge >= 0.3 is 6.15 Å². The predicted octanol–water partition coefficient (Wildman–Crippen LogP) is -3.39. The van der Waals surface area contributed by atoms with Gasteiger partial charge in [0, 0.05) is 14.2 Å². The molecule has 2 aliphatic heterocycles. The predicted molar refractivity (Wildman–Crippen MR) is 71.2 cm³/mol. The zero-order valence-corrected chi connectivity index (χ0v) is 13.2. The van der Waals surface area contributed by atoms with Gasteiger partial charge in [-0.2, -0.15) is 9.59 Å². The van der Waals surface area contributed by atoms with Crippen molar-refractivity contribution in [3.8, 4) is 0 Å². The number of hydrogen-bond donors (Lipinski definition) is 4. The fraction of sp³-hybridized carbons (Fsp3) is 0.923. The van der Waals surface area contributed by atoms with Crippen molar-refractivity contribution >= 4 is 6.15 Å². The van der Waals surface area contributed by atoms with Gasteiger partial charge in [-0.05, 0) is 0 Å². The van der Waals surface area contributed by atoms with Crippen molar-refractivity contribution in [2.75, 3.05) is 27.4 Å². The summed E-state index contributed by atoms with van der Waals surface area (Å²) in [5.41, 5.74) is 0. The minimum Gasteiger partial charge on any atom is -0.388 e. The Labute approximate surface area is 137 Å². The Morgan fingerprint density at radius 2 is 1.29 bits per heavy atom. The quantitative estimate of drug-likeness (QED) is 0.398. The fourth-order valence-electron chi connectivity index (χ4n) is 2.49. The molecule has 2 fully saturated rings. The van der Waals surface area contributed by atoms with Gasteiger partial charge in [-0.3, -0.25) is 0 Å². The molecule has 2 aliphatic rings. The molecule has 24 heavy (non-hydrogen) atoms. The van der Waals surface area contributed by atoms with Crippen LogP contribution in [-0.4, -0.2) is 103 Å². The first kappa shape index (κ1) is 21.1. The first-order valence-electron chi connectivity index (χ1n) is 7.07. The van der Waals surface area contributed by atoms with Crippen molar-refractivity contribution in [2.24, 2.45) is 0 Å². The average Bonchev–Trinajstić information content (AvgIpc) is 2.55. The van der Waals surface area contributed by atoms with E-state index in [1.165, 1.54) is 14.2 Å². The lowest BCUT2D eigenvalue weighted by atomic mass is 10.0. The van der Waals surface area contributed by atoms with E-state index in [1.807, 2.05) is 0 Å². The van der Waals surface area contributed by atoms with Gasteiger partial charge in [0.25, 0.3) is 0 Å². The summed E-state index contributed by atoms with van der Waals surface area (Å²) in [7, 11) is 2.70. The molecule has 0 spiro atoms. The van der Waals surface area contributed by atoms with Crippen LogP contribution in [0, 0.1) is 0 Å². The molecule has 140 valence electrons. The average molecular weight is 354 g/mol. The molecule has 0 aromatic rings. The van der Waals surface area contributed by atoms with Crippen LogP contribution in [0.2, 0.25) is 0 Å². The molecule has 0 aliphatic carbocycles. The summed E-state index contributed by atoms with van der Waals surface area (Å²) in [6, 6.07) is 0. The van der Waals surface area contributed by atoms with Gasteiger partial charge in [-0.15, -0.1) is 0 Å². The van der Waals surface area contributed by atoms with Gasteiger partial charge in [0.15, 0.2) is 12.6 Å². The smallest absolute Gasteiger partial charge is 0.373 e. The monoisotopic (exact) mass is 354 g/mol. The maximum atomic E-state index is 10.1. The third-order valence-corrected chi connectivity index (χ3v) is 3.65. The second kappa shape index (κ2) is 10.1. The van der Waals surface area contributed by atoms with Crippen LogP contribution in [0.25, 0.3) is 0 Å². The maximum Gasteiger partial charge on any atom is 0.373 e. The normalized spacial score (nSPS) is 42.6. The minimum absolute atomic E-state index is 0.0839. The molecule has 0 bridgehead atoms. The summed E-state index contributed by atoms with van der Waals surface area (Å²) in [5.74, 6) is 0. The van der Waals surface area contributed by atoms with Gasteiger partial charge in [0.1, 0.15) is 36.6 Å². The Bertz CT molecular complexity index is 399. The van der Waals surface area contributed by atoms with Gasteiger partial charge in [-0.25, -0.2) is 0 Å². The van der Waals surface area contributed by atoms with E-state index in [2.05, 4.69) is 0 Å². The molecule has 2 saturated heterocycles. The zero-order chi connectivity index (χ0) is 18.3. The standard InChI is InChI=1S/C12H22O9.CO2/c1-17-9-5(13)3-20-12(7(9)15)21-10-6(14)4-19-11(18-2)8(10)16;2-1-3/h5-16H,3-4H2,1-2H3;/t5-,6-,7+,8+,9?,10?,11+,12+;/m1./s1. The van der Waals surface area contributed by atoms with Crippen LogP contribution < -0.4 is 0 Å². The highest BCUT2D eigenvalue weighted by Gasteiger charge is 2.46. The van der Waals surface area contributed by atoms with Crippen LogP contribution in [0.3, 0.4) is 0 Å². The van der Waals surface area contributed by atoms with Crippen LogP contribution >= 0.6 is 0 Å². The number of ether oxygens (including phenoxy) is 5. The fourth-order valence-corrected chi connectivity index (χ4v) is 2.49. The Balaban J connectivity index is 0.000000891. The third kappa shape index (κ3) is 5.01. The van der Waals surface area contributed by atoms with Crippen LogP contribution in [-0.2, 0) is 33.3 Å². The summed E-state index contributed by atoms with van der Waals surface area (Å²) >= 11 is 0. The molecule has 11 heteroatoms. The van der Waals surface area contributed by atoms with Crippen molar-refractivity contribution in [3.63, 3.8) is 0 Å². The Morgan fingerprint density at radius 3 is 1.79 bits per heavy atom. The lowest BCUT2D eigenvalue weighted by Crippen LogP contribution is -2.60. The molecule has 2 heterocycles. The molecule has 0 radical (unpaired) electrons. The summed E-state index contributed by atoms with van der Waals surface area (Å²) in [4.78, 5) is 16.2. The van der Waals surface area contributed by atoms with E-state index in [9.17, 15) is 20.4 Å². The summed E-state index contributed by atoms with van der Waals surface area (Å²) in [6.07, 6.45) is -8.38. The van der Waals surface area contributed by atoms with Gasteiger partial charge in [0.05, 0.1) is 13.2 Å². The number of aliphatic hydroxyl groups excluding tert-OH is 4. The van der Waals surface area contributed by atoms with Crippen LogP contribution in [0.1, 0.15) is 0 Å². The maximum absolute atomic E-state index is 10.1. The molecule has 0 aromatic heterocycles. The summed E-state index contributed by atoms with van der Waals surface area (Å²) in [6.45, 7) is -0.178. The minimum atomic E-state index is -1.26. The zero-order valence-electron chi connectivity index (χ0n) is 13.2. The molecule has 2 unspecified atom stereocenters. The van der Waals surface area contributed by atoms with E-state index in [-0.39, 0.29) is 19.4 Å². The van der Waals surface area contributed by atoms with E-state index in [0.29, 0.717) is 0 Å². The Hall–Kier alpha value is -0.980. The molecule has 8 atom stereocenters. The van der Waals surface area contributed by atoms with E-state index in [4.69, 9.17) is 33.3 Å². The molecule has 11 nitrogen and oxygen atoms in total. The number of methoxy groups -OCH3 is 2. The van der Waals surface area contributed by atoms with E-state index >= 15 is 0 Å². The van der Waals surface area contributed by atoms with Gasteiger partial charge in [0.2, 0.25) is 0 Å². The number of aliphatic hydroxyl groups is 4.